The van der Waals surface area contributed by atoms with E-state index in [-0.39, 0.29) is 7.43 Å². The molecule has 0 aromatic heterocycles. The molecule has 0 rings (SSSR count). The van der Waals surface area contributed by atoms with Crippen LogP contribution in [0.2, 0.25) is 0 Å². The van der Waals surface area contributed by atoms with Crippen molar-refractivity contribution in [2.45, 2.75) is 7.43 Å². The van der Waals surface area contributed by atoms with Crippen molar-refractivity contribution >= 4 is 11.8 Å². The predicted octanol–water partition coefficient (Wildman–Crippen LogP) is 0.637. The minimum absolute atomic E-state index is 0. The maximum Gasteiger partial charge on any atom is 0.250 e. The van der Waals surface area contributed by atoms with Gasteiger partial charge in [0.25, 0.3) is 0 Å². The fourth-order valence-corrected chi connectivity index (χ4v) is 0.223. The summed E-state index contributed by atoms with van der Waals surface area (Å²) in [5, 5.41) is 1.97. The molecule has 3 heteroatoms. The van der Waals surface area contributed by atoms with Crippen molar-refractivity contribution < 1.29 is 9.59 Å². The van der Waals surface area contributed by atoms with Crippen molar-refractivity contribution in [1.82, 2.24) is 5.32 Å². The van der Waals surface area contributed by atoms with Gasteiger partial charge in [0.05, 0.1) is 0 Å². The molecule has 0 aromatic carbocycles. The first-order valence-electron chi connectivity index (χ1n) is 2.30. The molecule has 0 radical (unpaired) electrons. The molecule has 0 aromatic rings. The van der Waals surface area contributed by atoms with Gasteiger partial charge in [-0.1, -0.05) is 20.6 Å². The summed E-state index contributed by atoms with van der Waals surface area (Å²) in [6.07, 6.45) is 2.03. The quantitative estimate of drug-likeness (QED) is 0.573. The van der Waals surface area contributed by atoms with Crippen molar-refractivity contribution in [3.8, 4) is 0 Å². The second-order valence-electron chi connectivity index (χ2n) is 1.26. The van der Waals surface area contributed by atoms with E-state index in [1.54, 1.807) is 0 Å². The summed E-state index contributed by atoms with van der Waals surface area (Å²) >= 11 is 0. The van der Waals surface area contributed by atoms with E-state index in [1.165, 1.54) is 0 Å². The zero-order valence-corrected chi connectivity index (χ0v) is 4.89. The molecule has 0 fully saturated rings. The summed E-state index contributed by atoms with van der Waals surface area (Å²) in [6.45, 7) is 6.30. The van der Waals surface area contributed by atoms with E-state index in [1.807, 2.05) is 5.32 Å². The highest BCUT2D eigenvalue weighted by Gasteiger charge is 1.96. The van der Waals surface area contributed by atoms with Gasteiger partial charge in [0.2, 0.25) is 11.8 Å². The molecule has 56 valence electrons. The molecule has 0 saturated heterocycles. The normalized spacial score (nSPS) is 6.80. The Balaban J connectivity index is 0. The third-order valence-corrected chi connectivity index (χ3v) is 0.617. The molecule has 0 aliphatic rings. The number of carbonyl (C=O) groups is 2. The Bertz CT molecular complexity index is 143. The number of hydrogen-bond donors (Lipinski definition) is 1. The van der Waals surface area contributed by atoms with Crippen LogP contribution in [0.3, 0.4) is 0 Å². The molecule has 1 N–H and O–H groups in total. The molecule has 0 aliphatic carbocycles. The first kappa shape index (κ1) is 11.4. The van der Waals surface area contributed by atoms with Crippen LogP contribution in [0.4, 0.5) is 0 Å². The number of rotatable bonds is 2. The van der Waals surface area contributed by atoms with Crippen molar-refractivity contribution in [3.05, 3.63) is 25.3 Å². The van der Waals surface area contributed by atoms with Crippen LogP contribution in [-0.2, 0) is 9.59 Å². The Hall–Kier alpha value is -1.38. The molecular weight excluding hydrogens is 130 g/mol. The van der Waals surface area contributed by atoms with Crippen molar-refractivity contribution in [1.29, 1.82) is 0 Å². The van der Waals surface area contributed by atoms with E-state index >= 15 is 0 Å². The Morgan fingerprint density at radius 3 is 1.60 bits per heavy atom. The monoisotopic (exact) mass is 141 g/mol. The van der Waals surface area contributed by atoms with Gasteiger partial charge in [0, 0.05) is 0 Å². The van der Waals surface area contributed by atoms with Gasteiger partial charge in [-0.3, -0.25) is 14.9 Å². The molecule has 2 amide bonds. The molecule has 0 bridgehead atoms. The smallest absolute Gasteiger partial charge is 0.250 e. The van der Waals surface area contributed by atoms with Gasteiger partial charge < -0.3 is 0 Å². The first-order chi connectivity index (χ1) is 4.20. The summed E-state index contributed by atoms with van der Waals surface area (Å²) in [5.41, 5.74) is 0. The topological polar surface area (TPSA) is 46.2 Å². The molecule has 10 heavy (non-hydrogen) atoms. The van der Waals surface area contributed by atoms with Gasteiger partial charge in [-0.25, -0.2) is 0 Å². The van der Waals surface area contributed by atoms with Gasteiger partial charge in [0.15, 0.2) is 0 Å². The Labute approximate surface area is 60.4 Å². The molecule has 0 spiro atoms. The fourth-order valence-electron chi connectivity index (χ4n) is 0.223. The SMILES string of the molecule is C.C=CC(=O)NC(=O)C=C. The fraction of sp³-hybridized carbons (Fsp3) is 0.143. The number of imide groups is 1. The average Bonchev–Trinajstić information content (AvgIpc) is 1.87. The van der Waals surface area contributed by atoms with Crippen LogP contribution in [0.25, 0.3) is 0 Å². The van der Waals surface area contributed by atoms with Crippen LogP contribution in [0.5, 0.6) is 0 Å². The van der Waals surface area contributed by atoms with Crippen LogP contribution >= 0.6 is 0 Å². The predicted molar refractivity (Wildman–Crippen MR) is 40.3 cm³/mol. The van der Waals surface area contributed by atoms with E-state index in [0.29, 0.717) is 0 Å². The number of amides is 2. The van der Waals surface area contributed by atoms with E-state index in [0.717, 1.165) is 12.2 Å². The zero-order chi connectivity index (χ0) is 7.28. The Morgan fingerprint density at radius 1 is 1.10 bits per heavy atom. The minimum atomic E-state index is -0.514. The minimum Gasteiger partial charge on any atom is -0.289 e. The number of nitrogens with one attached hydrogen (secondary N) is 1. The van der Waals surface area contributed by atoms with E-state index < -0.39 is 11.8 Å². The molecule has 0 saturated carbocycles. The molecule has 0 heterocycles. The van der Waals surface area contributed by atoms with Gasteiger partial charge >= 0.3 is 0 Å². The highest BCUT2D eigenvalue weighted by molar-refractivity contribution is 6.04. The Morgan fingerprint density at radius 2 is 1.40 bits per heavy atom. The number of carbonyl (C=O) groups excluding carboxylic acids is 2. The third-order valence-electron chi connectivity index (χ3n) is 0.617. The summed E-state index contributed by atoms with van der Waals surface area (Å²) in [5.74, 6) is -1.03. The van der Waals surface area contributed by atoms with Gasteiger partial charge in [0.1, 0.15) is 0 Å². The van der Waals surface area contributed by atoms with E-state index in [4.69, 9.17) is 0 Å². The number of hydrogen-bond acceptors (Lipinski definition) is 2. The van der Waals surface area contributed by atoms with Gasteiger partial charge in [-0.2, -0.15) is 0 Å². The van der Waals surface area contributed by atoms with Crippen LogP contribution in [-0.4, -0.2) is 11.8 Å². The van der Waals surface area contributed by atoms with Crippen LogP contribution < -0.4 is 5.32 Å². The molecule has 0 atom stereocenters. The summed E-state index contributed by atoms with van der Waals surface area (Å²) in [7, 11) is 0. The maximum atomic E-state index is 10.3. The van der Waals surface area contributed by atoms with Gasteiger partial charge in [-0.05, 0) is 12.2 Å². The third kappa shape index (κ3) is 4.77. The lowest BCUT2D eigenvalue weighted by molar-refractivity contribution is -0.125. The zero-order valence-electron chi connectivity index (χ0n) is 4.89. The standard InChI is InChI=1S/C6H7NO2.CH4/c1-3-5(8)7-6(9)4-2;/h3-4H,1-2H2,(H,7,8,9);1H4. The second kappa shape index (κ2) is 5.75. The second-order valence-corrected chi connectivity index (χ2v) is 1.26. The van der Waals surface area contributed by atoms with Crippen molar-refractivity contribution in [2.75, 3.05) is 0 Å². The molecule has 3 nitrogen and oxygen atoms in total. The lowest BCUT2D eigenvalue weighted by Gasteiger charge is -1.91. The highest BCUT2D eigenvalue weighted by atomic mass is 16.2. The lowest BCUT2D eigenvalue weighted by atomic mass is 10.5. The Kier molecular flexibility index (Phi) is 6.57. The van der Waals surface area contributed by atoms with Crippen molar-refractivity contribution in [3.63, 3.8) is 0 Å². The van der Waals surface area contributed by atoms with Gasteiger partial charge in [-0.15, -0.1) is 0 Å². The summed E-state index contributed by atoms with van der Waals surface area (Å²) in [4.78, 5) is 20.6. The highest BCUT2D eigenvalue weighted by Crippen LogP contribution is 1.68. The van der Waals surface area contributed by atoms with E-state index in [2.05, 4.69) is 13.2 Å². The summed E-state index contributed by atoms with van der Waals surface area (Å²) < 4.78 is 0. The molecule has 0 unspecified atom stereocenters. The van der Waals surface area contributed by atoms with Crippen LogP contribution in [0, 0.1) is 0 Å². The average molecular weight is 141 g/mol. The summed E-state index contributed by atoms with van der Waals surface area (Å²) in [6, 6.07) is 0. The molecule has 0 aliphatic heterocycles. The lowest BCUT2D eigenvalue weighted by Crippen LogP contribution is -2.26. The van der Waals surface area contributed by atoms with Crippen molar-refractivity contribution in [2.24, 2.45) is 0 Å². The van der Waals surface area contributed by atoms with Crippen LogP contribution in [0.15, 0.2) is 25.3 Å². The van der Waals surface area contributed by atoms with E-state index in [9.17, 15) is 9.59 Å². The van der Waals surface area contributed by atoms with Crippen LogP contribution in [0.1, 0.15) is 7.43 Å². The first-order valence-corrected chi connectivity index (χ1v) is 2.30. The largest absolute Gasteiger partial charge is 0.289 e. The molecular formula is C7H11NO2. The maximum absolute atomic E-state index is 10.3.